The summed E-state index contributed by atoms with van der Waals surface area (Å²) in [5.74, 6) is 0.564. The minimum Gasteiger partial charge on any atom is -0.359 e. The van der Waals surface area contributed by atoms with Gasteiger partial charge in [0, 0.05) is 22.0 Å². The lowest BCUT2D eigenvalue weighted by atomic mass is 9.72. The largest absolute Gasteiger partial charge is 0.359 e. The first-order chi connectivity index (χ1) is 12.3. The van der Waals surface area contributed by atoms with Crippen LogP contribution in [-0.2, 0) is 15.4 Å². The van der Waals surface area contributed by atoms with Crippen LogP contribution in [0.4, 0.5) is 5.69 Å². The Morgan fingerprint density at radius 3 is 2.46 bits per heavy atom. The van der Waals surface area contributed by atoms with E-state index < -0.39 is 10.0 Å². The van der Waals surface area contributed by atoms with E-state index in [1.165, 1.54) is 24.0 Å². The molecule has 1 atom stereocenters. The number of nitrogens with one attached hydrogen (secondary N) is 2. The molecule has 1 aliphatic rings. The van der Waals surface area contributed by atoms with Crippen LogP contribution in [0.25, 0.3) is 10.9 Å². The van der Waals surface area contributed by atoms with Gasteiger partial charge in [-0.1, -0.05) is 42.8 Å². The average Bonchev–Trinajstić information content (AvgIpc) is 3.33. The Labute approximate surface area is 158 Å². The topological polar surface area (TPSA) is 62.0 Å². The van der Waals surface area contributed by atoms with Gasteiger partial charge in [0.2, 0.25) is 10.0 Å². The Kier molecular flexibility index (Phi) is 4.04. The molecule has 1 aromatic heterocycles. The van der Waals surface area contributed by atoms with E-state index in [2.05, 4.69) is 28.8 Å². The maximum atomic E-state index is 11.7. The van der Waals surface area contributed by atoms with Gasteiger partial charge in [-0.25, -0.2) is 8.42 Å². The van der Waals surface area contributed by atoms with Crippen LogP contribution in [0.1, 0.15) is 30.9 Å². The molecular formula is C20H21ClN2O2S. The van der Waals surface area contributed by atoms with Crippen molar-refractivity contribution in [2.75, 3.05) is 11.0 Å². The summed E-state index contributed by atoms with van der Waals surface area (Å²) < 4.78 is 26.0. The quantitative estimate of drug-likeness (QED) is 0.652. The summed E-state index contributed by atoms with van der Waals surface area (Å²) in [5, 5.41) is 1.77. The highest BCUT2D eigenvalue weighted by Crippen LogP contribution is 2.53. The lowest BCUT2D eigenvalue weighted by Gasteiger charge is -2.31. The number of para-hydroxylation sites is 1. The summed E-state index contributed by atoms with van der Waals surface area (Å²) in [6, 6.07) is 13.8. The Hall–Kier alpha value is -1.98. The van der Waals surface area contributed by atoms with E-state index in [1.54, 1.807) is 6.07 Å². The second kappa shape index (κ2) is 6.03. The molecule has 0 aliphatic heterocycles. The van der Waals surface area contributed by atoms with Gasteiger partial charge in [-0.05, 0) is 48.1 Å². The molecular weight excluding hydrogens is 368 g/mol. The molecule has 0 bridgehead atoms. The molecule has 0 unspecified atom stereocenters. The molecule has 4 nitrogen and oxygen atoms in total. The zero-order valence-corrected chi connectivity index (χ0v) is 16.3. The number of rotatable bonds is 5. The fraction of sp³-hybridized carbons (Fsp3) is 0.300. The van der Waals surface area contributed by atoms with Crippen molar-refractivity contribution >= 4 is 38.2 Å². The molecule has 0 amide bonds. The number of benzene rings is 2. The summed E-state index contributed by atoms with van der Waals surface area (Å²) in [7, 11) is -3.34. The molecule has 1 saturated carbocycles. The molecule has 26 heavy (non-hydrogen) atoms. The van der Waals surface area contributed by atoms with Crippen LogP contribution in [0.15, 0.2) is 48.7 Å². The van der Waals surface area contributed by atoms with Crippen LogP contribution < -0.4 is 4.72 Å². The van der Waals surface area contributed by atoms with Crippen molar-refractivity contribution in [3.63, 3.8) is 0 Å². The average molecular weight is 389 g/mol. The van der Waals surface area contributed by atoms with Crippen molar-refractivity contribution in [2.45, 2.75) is 25.2 Å². The van der Waals surface area contributed by atoms with E-state index in [0.29, 0.717) is 11.6 Å². The molecule has 0 saturated heterocycles. The Bertz CT molecular complexity index is 1070. The van der Waals surface area contributed by atoms with Crippen LogP contribution in [0.2, 0.25) is 5.02 Å². The number of hydrogen-bond acceptors (Lipinski definition) is 2. The van der Waals surface area contributed by atoms with Crippen LogP contribution >= 0.6 is 11.6 Å². The summed E-state index contributed by atoms with van der Waals surface area (Å²) >= 11 is 6.09. The highest BCUT2D eigenvalue weighted by molar-refractivity contribution is 7.92. The van der Waals surface area contributed by atoms with Gasteiger partial charge >= 0.3 is 0 Å². The molecule has 0 radical (unpaired) electrons. The van der Waals surface area contributed by atoms with E-state index in [1.807, 2.05) is 30.5 Å². The summed E-state index contributed by atoms with van der Waals surface area (Å²) in [5.41, 5.74) is 3.66. The SMILES string of the molecule is C[C@](c1ccc(Cl)cc1)(c1c[nH]c2c(NS(C)(=O)=O)cccc12)C1CC1. The van der Waals surface area contributed by atoms with Gasteiger partial charge in [0.25, 0.3) is 0 Å². The fourth-order valence-corrected chi connectivity index (χ4v) is 4.63. The van der Waals surface area contributed by atoms with Crippen molar-refractivity contribution in [3.05, 3.63) is 64.8 Å². The number of H-pyrrole nitrogens is 1. The monoisotopic (exact) mass is 388 g/mol. The third-order valence-corrected chi connectivity index (χ3v) is 6.25. The minimum absolute atomic E-state index is 0.146. The summed E-state index contributed by atoms with van der Waals surface area (Å²) in [6.45, 7) is 2.27. The number of fused-ring (bicyclic) bond motifs is 1. The predicted octanol–water partition coefficient (Wildman–Crippen LogP) is 4.91. The van der Waals surface area contributed by atoms with Crippen molar-refractivity contribution in [1.29, 1.82) is 0 Å². The maximum Gasteiger partial charge on any atom is 0.229 e. The standard InChI is InChI=1S/C20H21ClN2O2S/c1-20(13-6-7-13,14-8-10-15(21)11-9-14)17-12-22-19-16(17)4-3-5-18(19)23-26(2,24)25/h3-5,8-13,22-23H,6-7H2,1-2H3/t20-/m0/s1. The number of aromatic amines is 1. The van der Waals surface area contributed by atoms with E-state index in [9.17, 15) is 8.42 Å². The van der Waals surface area contributed by atoms with Gasteiger partial charge in [0.1, 0.15) is 0 Å². The molecule has 2 N–H and O–H groups in total. The first kappa shape index (κ1) is 17.4. The normalized spacial score (nSPS) is 17.2. The fourth-order valence-electron chi connectivity index (χ4n) is 3.94. The van der Waals surface area contributed by atoms with Gasteiger partial charge in [0.15, 0.2) is 0 Å². The first-order valence-electron chi connectivity index (χ1n) is 8.63. The van der Waals surface area contributed by atoms with Crippen molar-refractivity contribution in [1.82, 2.24) is 4.98 Å². The second-order valence-electron chi connectivity index (χ2n) is 7.29. The Balaban J connectivity index is 1.89. The molecule has 6 heteroatoms. The molecule has 1 heterocycles. The summed E-state index contributed by atoms with van der Waals surface area (Å²) in [6.07, 6.45) is 5.56. The smallest absolute Gasteiger partial charge is 0.229 e. The van der Waals surface area contributed by atoms with Crippen LogP contribution in [0.3, 0.4) is 0 Å². The third-order valence-electron chi connectivity index (χ3n) is 5.41. The summed E-state index contributed by atoms with van der Waals surface area (Å²) in [4.78, 5) is 3.30. The molecule has 3 aromatic rings. The molecule has 1 aliphatic carbocycles. The number of halogens is 1. The van der Waals surface area contributed by atoms with Crippen molar-refractivity contribution in [2.24, 2.45) is 5.92 Å². The highest BCUT2D eigenvalue weighted by Gasteiger charge is 2.45. The Morgan fingerprint density at radius 2 is 1.85 bits per heavy atom. The third kappa shape index (κ3) is 2.99. The number of hydrogen-bond donors (Lipinski definition) is 2. The second-order valence-corrected chi connectivity index (χ2v) is 9.47. The van der Waals surface area contributed by atoms with Gasteiger partial charge in [-0.15, -0.1) is 0 Å². The van der Waals surface area contributed by atoms with E-state index in [0.717, 1.165) is 22.2 Å². The van der Waals surface area contributed by atoms with Crippen LogP contribution in [0, 0.1) is 5.92 Å². The van der Waals surface area contributed by atoms with E-state index in [-0.39, 0.29) is 5.41 Å². The highest BCUT2D eigenvalue weighted by atomic mass is 35.5. The predicted molar refractivity (Wildman–Crippen MR) is 107 cm³/mol. The minimum atomic E-state index is -3.34. The van der Waals surface area contributed by atoms with E-state index in [4.69, 9.17) is 11.6 Å². The van der Waals surface area contributed by atoms with Crippen molar-refractivity contribution in [3.8, 4) is 0 Å². The number of aromatic nitrogens is 1. The lowest BCUT2D eigenvalue weighted by Crippen LogP contribution is -2.26. The first-order valence-corrected chi connectivity index (χ1v) is 10.9. The van der Waals surface area contributed by atoms with Gasteiger partial charge in [-0.2, -0.15) is 0 Å². The van der Waals surface area contributed by atoms with Gasteiger partial charge in [0.05, 0.1) is 17.5 Å². The van der Waals surface area contributed by atoms with Crippen molar-refractivity contribution < 1.29 is 8.42 Å². The Morgan fingerprint density at radius 1 is 1.15 bits per heavy atom. The lowest BCUT2D eigenvalue weighted by molar-refractivity contribution is 0.499. The number of anilines is 1. The van der Waals surface area contributed by atoms with Crippen LogP contribution in [-0.4, -0.2) is 19.7 Å². The molecule has 4 rings (SSSR count). The molecule has 1 fully saturated rings. The molecule has 136 valence electrons. The van der Waals surface area contributed by atoms with Crippen LogP contribution in [0.5, 0.6) is 0 Å². The zero-order chi connectivity index (χ0) is 18.5. The molecule has 2 aromatic carbocycles. The molecule has 0 spiro atoms. The van der Waals surface area contributed by atoms with Gasteiger partial charge < -0.3 is 4.98 Å². The zero-order valence-electron chi connectivity index (χ0n) is 14.7. The number of sulfonamides is 1. The van der Waals surface area contributed by atoms with E-state index >= 15 is 0 Å². The van der Waals surface area contributed by atoms with Gasteiger partial charge in [-0.3, -0.25) is 4.72 Å². The maximum absolute atomic E-state index is 11.7.